The fraction of sp³-hybridized carbons (Fsp3) is 0.875. The van der Waals surface area contributed by atoms with E-state index in [4.69, 9.17) is 4.84 Å². The Kier molecular flexibility index (Phi) is 2.72. The maximum Gasteiger partial charge on any atom is 0.106 e. The summed E-state index contributed by atoms with van der Waals surface area (Å²) >= 11 is 0. The van der Waals surface area contributed by atoms with Gasteiger partial charge in [-0.05, 0) is 25.2 Å². The largest absolute Gasteiger partial charge is 0.399 e. The van der Waals surface area contributed by atoms with Crippen molar-refractivity contribution in [3.63, 3.8) is 0 Å². The molecule has 0 aromatic heterocycles. The van der Waals surface area contributed by atoms with Gasteiger partial charge in [0.1, 0.15) is 7.11 Å². The van der Waals surface area contributed by atoms with Crippen LogP contribution in [0.4, 0.5) is 0 Å². The van der Waals surface area contributed by atoms with E-state index in [1.54, 1.807) is 7.11 Å². The normalized spacial score (nSPS) is 30.6. The van der Waals surface area contributed by atoms with Gasteiger partial charge in [0.05, 0.1) is 5.71 Å². The van der Waals surface area contributed by atoms with Crippen LogP contribution in [0.15, 0.2) is 5.16 Å². The summed E-state index contributed by atoms with van der Waals surface area (Å²) in [7, 11) is 1.62. The first-order valence-corrected chi connectivity index (χ1v) is 3.94. The number of nitrogens with zero attached hydrogens (tertiary/aromatic N) is 1. The third-order valence-corrected chi connectivity index (χ3v) is 2.10. The second-order valence-corrected chi connectivity index (χ2v) is 2.91. The highest BCUT2D eigenvalue weighted by molar-refractivity contribution is 5.86. The molecule has 2 nitrogen and oxygen atoms in total. The maximum atomic E-state index is 4.74. The molecule has 2 heteroatoms. The molecule has 0 amide bonds. The van der Waals surface area contributed by atoms with Crippen molar-refractivity contribution in [3.05, 3.63) is 0 Å². The van der Waals surface area contributed by atoms with E-state index < -0.39 is 0 Å². The Morgan fingerprint density at radius 1 is 1.50 bits per heavy atom. The summed E-state index contributed by atoms with van der Waals surface area (Å²) < 4.78 is 0. The lowest BCUT2D eigenvalue weighted by Crippen LogP contribution is -2.16. The summed E-state index contributed by atoms with van der Waals surface area (Å²) in [6.07, 6.45) is 5.05. The molecule has 0 spiro atoms. The minimum absolute atomic E-state index is 0.647. The van der Waals surface area contributed by atoms with Crippen LogP contribution in [-0.2, 0) is 4.84 Å². The van der Waals surface area contributed by atoms with Crippen molar-refractivity contribution in [1.82, 2.24) is 0 Å². The Morgan fingerprint density at radius 2 is 2.30 bits per heavy atom. The molecular weight excluding hydrogens is 126 g/mol. The minimum atomic E-state index is 0.647. The molecule has 0 aromatic rings. The third kappa shape index (κ3) is 1.72. The lowest BCUT2D eigenvalue weighted by atomic mass is 9.89. The molecule has 1 saturated carbocycles. The van der Waals surface area contributed by atoms with E-state index >= 15 is 0 Å². The van der Waals surface area contributed by atoms with Crippen LogP contribution >= 0.6 is 0 Å². The Bertz CT molecular complexity index is 131. The van der Waals surface area contributed by atoms with E-state index in [1.807, 2.05) is 0 Å². The van der Waals surface area contributed by atoms with Crippen LogP contribution in [0.25, 0.3) is 0 Å². The molecule has 0 bridgehead atoms. The Labute approximate surface area is 62.3 Å². The maximum absolute atomic E-state index is 4.74. The van der Waals surface area contributed by atoms with Crippen molar-refractivity contribution in [1.29, 1.82) is 0 Å². The molecule has 1 aliphatic carbocycles. The fourth-order valence-corrected chi connectivity index (χ4v) is 1.42. The molecule has 1 aliphatic rings. The molecule has 0 aliphatic heterocycles. The predicted molar refractivity (Wildman–Crippen MR) is 42.1 cm³/mol. The van der Waals surface area contributed by atoms with Crippen molar-refractivity contribution >= 4 is 5.71 Å². The van der Waals surface area contributed by atoms with E-state index in [9.17, 15) is 0 Å². The first-order valence-electron chi connectivity index (χ1n) is 3.94. The highest BCUT2D eigenvalue weighted by atomic mass is 16.6. The summed E-state index contributed by atoms with van der Waals surface area (Å²) in [5.41, 5.74) is 1.24. The molecule has 10 heavy (non-hydrogen) atoms. The summed E-state index contributed by atoms with van der Waals surface area (Å²) in [4.78, 5) is 4.74. The van der Waals surface area contributed by atoms with Crippen LogP contribution in [0.3, 0.4) is 0 Å². The second-order valence-electron chi connectivity index (χ2n) is 2.91. The van der Waals surface area contributed by atoms with E-state index in [-0.39, 0.29) is 0 Å². The highest BCUT2D eigenvalue weighted by Gasteiger charge is 2.15. The standard InChI is InChI=1S/C8H15NO/c1-7-5-3-4-6-8(7)9-10-2/h7H,3-6H2,1-2H3. The van der Waals surface area contributed by atoms with Gasteiger partial charge in [0, 0.05) is 0 Å². The number of rotatable bonds is 1. The average Bonchev–Trinajstić information content (AvgIpc) is 1.94. The van der Waals surface area contributed by atoms with E-state index in [1.165, 1.54) is 25.0 Å². The number of hydrogen-bond donors (Lipinski definition) is 0. The third-order valence-electron chi connectivity index (χ3n) is 2.10. The Morgan fingerprint density at radius 3 is 2.90 bits per heavy atom. The van der Waals surface area contributed by atoms with Crippen LogP contribution in [0.5, 0.6) is 0 Å². The fourth-order valence-electron chi connectivity index (χ4n) is 1.42. The smallest absolute Gasteiger partial charge is 0.106 e. The summed E-state index contributed by atoms with van der Waals surface area (Å²) in [5, 5.41) is 3.98. The molecule has 0 heterocycles. The molecule has 0 saturated heterocycles. The van der Waals surface area contributed by atoms with Gasteiger partial charge in [0.2, 0.25) is 0 Å². The summed E-state index contributed by atoms with van der Waals surface area (Å²) in [6, 6.07) is 0. The molecule has 0 aromatic carbocycles. The zero-order valence-electron chi connectivity index (χ0n) is 6.76. The Hall–Kier alpha value is -0.530. The van der Waals surface area contributed by atoms with Gasteiger partial charge in [-0.1, -0.05) is 18.5 Å². The quantitative estimate of drug-likeness (QED) is 0.513. The van der Waals surface area contributed by atoms with Crippen molar-refractivity contribution in [3.8, 4) is 0 Å². The van der Waals surface area contributed by atoms with Gasteiger partial charge in [-0.3, -0.25) is 0 Å². The average molecular weight is 141 g/mol. The van der Waals surface area contributed by atoms with Crippen molar-refractivity contribution in [2.75, 3.05) is 7.11 Å². The van der Waals surface area contributed by atoms with Gasteiger partial charge >= 0.3 is 0 Å². The molecule has 0 radical (unpaired) electrons. The molecule has 58 valence electrons. The Balaban J connectivity index is 2.47. The highest BCUT2D eigenvalue weighted by Crippen LogP contribution is 2.20. The van der Waals surface area contributed by atoms with E-state index in [0.29, 0.717) is 5.92 Å². The van der Waals surface area contributed by atoms with Crippen LogP contribution in [0, 0.1) is 5.92 Å². The van der Waals surface area contributed by atoms with Crippen LogP contribution in [0.2, 0.25) is 0 Å². The molecular formula is C8H15NO. The van der Waals surface area contributed by atoms with Crippen molar-refractivity contribution in [2.24, 2.45) is 11.1 Å². The molecule has 1 fully saturated rings. The van der Waals surface area contributed by atoms with Crippen LogP contribution < -0.4 is 0 Å². The molecule has 1 atom stereocenters. The topological polar surface area (TPSA) is 21.6 Å². The minimum Gasteiger partial charge on any atom is -0.399 e. The number of oxime groups is 1. The first-order chi connectivity index (χ1) is 4.84. The lowest BCUT2D eigenvalue weighted by molar-refractivity contribution is 0.209. The number of hydrogen-bond acceptors (Lipinski definition) is 2. The first kappa shape index (κ1) is 7.58. The van der Waals surface area contributed by atoms with Gasteiger partial charge in [-0.2, -0.15) is 0 Å². The zero-order chi connectivity index (χ0) is 7.40. The van der Waals surface area contributed by atoms with E-state index in [0.717, 1.165) is 6.42 Å². The van der Waals surface area contributed by atoms with Gasteiger partial charge < -0.3 is 4.84 Å². The van der Waals surface area contributed by atoms with Gasteiger partial charge in [-0.25, -0.2) is 0 Å². The molecule has 1 unspecified atom stereocenters. The molecule has 1 rings (SSSR count). The van der Waals surface area contributed by atoms with Crippen molar-refractivity contribution < 1.29 is 4.84 Å². The van der Waals surface area contributed by atoms with Crippen molar-refractivity contribution in [2.45, 2.75) is 32.6 Å². The van der Waals surface area contributed by atoms with Crippen LogP contribution in [-0.4, -0.2) is 12.8 Å². The van der Waals surface area contributed by atoms with Gasteiger partial charge in [0.25, 0.3) is 0 Å². The lowest BCUT2D eigenvalue weighted by Gasteiger charge is -2.18. The molecule has 0 N–H and O–H groups in total. The summed E-state index contributed by atoms with van der Waals surface area (Å²) in [5.74, 6) is 0.647. The van der Waals surface area contributed by atoms with Gasteiger partial charge in [-0.15, -0.1) is 0 Å². The monoisotopic (exact) mass is 141 g/mol. The SMILES string of the molecule is CON=C1CCCCC1C. The second kappa shape index (κ2) is 3.59. The van der Waals surface area contributed by atoms with Crippen LogP contribution in [0.1, 0.15) is 32.6 Å². The van der Waals surface area contributed by atoms with Gasteiger partial charge in [0.15, 0.2) is 0 Å². The predicted octanol–water partition coefficient (Wildman–Crippen LogP) is 2.20. The summed E-state index contributed by atoms with van der Waals surface area (Å²) in [6.45, 7) is 2.22. The zero-order valence-corrected chi connectivity index (χ0v) is 6.76. The van der Waals surface area contributed by atoms with E-state index in [2.05, 4.69) is 12.1 Å².